The van der Waals surface area contributed by atoms with E-state index in [0.29, 0.717) is 0 Å². The van der Waals surface area contributed by atoms with E-state index in [0.717, 1.165) is 23.7 Å². The first kappa shape index (κ1) is 14.7. The third-order valence-electron chi connectivity index (χ3n) is 4.12. The van der Waals surface area contributed by atoms with Crippen LogP contribution in [0.3, 0.4) is 0 Å². The van der Waals surface area contributed by atoms with Crippen molar-refractivity contribution in [1.29, 1.82) is 0 Å². The largest absolute Gasteiger partial charge is 0.0822 e. The Balaban J connectivity index is 4.43. The van der Waals surface area contributed by atoms with Gasteiger partial charge in [0.25, 0.3) is 0 Å². The van der Waals surface area contributed by atoms with Crippen LogP contribution in [0.1, 0.15) is 61.3 Å². The van der Waals surface area contributed by atoms with Crippen LogP contribution in [0.2, 0.25) is 0 Å². The van der Waals surface area contributed by atoms with Crippen LogP contribution in [-0.2, 0) is 0 Å². The smallest absolute Gasteiger partial charge is 0.0231 e. The Morgan fingerprint density at radius 1 is 0.867 bits per heavy atom. The maximum atomic E-state index is 2.50. The normalized spacial score (nSPS) is 17.3. The van der Waals surface area contributed by atoms with Gasteiger partial charge in [0.15, 0.2) is 0 Å². The standard InChI is InChI=1S/C15H30/c1-8-15(9-2)10-12(5)14(7)13(6)11(3)4/h10-14H,8-9H2,1-7H3. The zero-order chi connectivity index (χ0) is 12.0. The number of allylic oxidation sites excluding steroid dienone is 2. The molecular weight excluding hydrogens is 180 g/mol. The Kier molecular flexibility index (Phi) is 6.96. The summed E-state index contributed by atoms with van der Waals surface area (Å²) in [4.78, 5) is 0. The lowest BCUT2D eigenvalue weighted by molar-refractivity contribution is 0.250. The molecule has 0 fully saturated rings. The summed E-state index contributed by atoms with van der Waals surface area (Å²) in [6, 6.07) is 0. The summed E-state index contributed by atoms with van der Waals surface area (Å²) in [6.45, 7) is 16.3. The first-order valence-electron chi connectivity index (χ1n) is 6.63. The molecule has 0 saturated heterocycles. The van der Waals surface area contributed by atoms with E-state index in [1.165, 1.54) is 12.8 Å². The van der Waals surface area contributed by atoms with Crippen LogP contribution in [-0.4, -0.2) is 0 Å². The minimum atomic E-state index is 0.720. The first-order chi connectivity index (χ1) is 6.93. The molecule has 0 aromatic carbocycles. The number of hydrogen-bond donors (Lipinski definition) is 0. The van der Waals surface area contributed by atoms with Gasteiger partial charge in [0.05, 0.1) is 0 Å². The summed E-state index contributed by atoms with van der Waals surface area (Å²) < 4.78 is 0. The second kappa shape index (κ2) is 7.09. The minimum Gasteiger partial charge on any atom is -0.0822 e. The van der Waals surface area contributed by atoms with E-state index in [1.54, 1.807) is 5.57 Å². The summed E-state index contributed by atoms with van der Waals surface area (Å²) >= 11 is 0. The van der Waals surface area contributed by atoms with Crippen molar-refractivity contribution >= 4 is 0 Å². The van der Waals surface area contributed by atoms with Crippen molar-refractivity contribution in [3.8, 4) is 0 Å². The Morgan fingerprint density at radius 3 is 1.67 bits per heavy atom. The van der Waals surface area contributed by atoms with Gasteiger partial charge in [-0.05, 0) is 36.5 Å². The molecule has 0 aliphatic rings. The molecule has 0 aromatic rings. The molecule has 0 spiro atoms. The monoisotopic (exact) mass is 210 g/mol. The molecule has 3 unspecified atom stereocenters. The zero-order valence-corrected chi connectivity index (χ0v) is 11.8. The van der Waals surface area contributed by atoms with E-state index < -0.39 is 0 Å². The molecule has 0 radical (unpaired) electrons. The van der Waals surface area contributed by atoms with Gasteiger partial charge in [-0.25, -0.2) is 0 Å². The van der Waals surface area contributed by atoms with Gasteiger partial charge in [0.1, 0.15) is 0 Å². The maximum Gasteiger partial charge on any atom is -0.0231 e. The van der Waals surface area contributed by atoms with Crippen molar-refractivity contribution < 1.29 is 0 Å². The molecule has 0 aromatic heterocycles. The van der Waals surface area contributed by atoms with Gasteiger partial charge in [-0.3, -0.25) is 0 Å². The molecule has 0 amide bonds. The lowest BCUT2D eigenvalue weighted by Gasteiger charge is -2.27. The second-order valence-corrected chi connectivity index (χ2v) is 5.35. The predicted octanol–water partition coefficient (Wildman–Crippen LogP) is 5.30. The molecule has 0 aliphatic heterocycles. The fourth-order valence-electron chi connectivity index (χ4n) is 2.10. The van der Waals surface area contributed by atoms with Gasteiger partial charge in [-0.1, -0.05) is 60.1 Å². The van der Waals surface area contributed by atoms with Crippen LogP contribution in [0.15, 0.2) is 11.6 Å². The Morgan fingerprint density at radius 2 is 1.33 bits per heavy atom. The number of rotatable bonds is 6. The quantitative estimate of drug-likeness (QED) is 0.522. The van der Waals surface area contributed by atoms with E-state index in [9.17, 15) is 0 Å². The third-order valence-corrected chi connectivity index (χ3v) is 4.12. The molecule has 0 nitrogen and oxygen atoms in total. The van der Waals surface area contributed by atoms with Gasteiger partial charge in [-0.2, -0.15) is 0 Å². The highest BCUT2D eigenvalue weighted by molar-refractivity contribution is 5.03. The van der Waals surface area contributed by atoms with Crippen LogP contribution >= 0.6 is 0 Å². The highest BCUT2D eigenvalue weighted by Gasteiger charge is 2.20. The molecule has 0 heteroatoms. The lowest BCUT2D eigenvalue weighted by atomic mass is 9.78. The fraction of sp³-hybridized carbons (Fsp3) is 0.867. The van der Waals surface area contributed by atoms with E-state index in [4.69, 9.17) is 0 Å². The highest BCUT2D eigenvalue weighted by atomic mass is 14.3. The molecule has 0 heterocycles. The Labute approximate surface area is 97.2 Å². The van der Waals surface area contributed by atoms with Crippen LogP contribution in [0.25, 0.3) is 0 Å². The van der Waals surface area contributed by atoms with Gasteiger partial charge in [-0.15, -0.1) is 0 Å². The fourth-order valence-corrected chi connectivity index (χ4v) is 2.10. The topological polar surface area (TPSA) is 0 Å². The molecule has 0 bridgehead atoms. The average molecular weight is 210 g/mol. The summed E-state index contributed by atoms with van der Waals surface area (Å²) in [5, 5.41) is 0. The molecule has 0 rings (SSSR count). The van der Waals surface area contributed by atoms with Crippen molar-refractivity contribution in [2.75, 3.05) is 0 Å². The Hall–Kier alpha value is -0.260. The maximum absolute atomic E-state index is 2.50. The molecule has 3 atom stereocenters. The molecule has 15 heavy (non-hydrogen) atoms. The van der Waals surface area contributed by atoms with Gasteiger partial charge in [0.2, 0.25) is 0 Å². The van der Waals surface area contributed by atoms with E-state index in [1.807, 2.05) is 0 Å². The summed E-state index contributed by atoms with van der Waals surface area (Å²) in [6.07, 6.45) is 4.93. The zero-order valence-electron chi connectivity index (χ0n) is 11.8. The second-order valence-electron chi connectivity index (χ2n) is 5.35. The van der Waals surface area contributed by atoms with Gasteiger partial charge >= 0.3 is 0 Å². The van der Waals surface area contributed by atoms with Gasteiger partial charge < -0.3 is 0 Å². The van der Waals surface area contributed by atoms with Crippen LogP contribution < -0.4 is 0 Å². The van der Waals surface area contributed by atoms with Crippen molar-refractivity contribution in [3.05, 3.63) is 11.6 Å². The molecule has 0 aliphatic carbocycles. The summed E-state index contributed by atoms with van der Waals surface area (Å²) in [5.74, 6) is 3.11. The minimum absolute atomic E-state index is 0.720. The SMILES string of the molecule is CCC(=CC(C)C(C)C(C)C(C)C)CC. The molecular formula is C15H30. The van der Waals surface area contributed by atoms with Crippen LogP contribution in [0.4, 0.5) is 0 Å². The van der Waals surface area contributed by atoms with Crippen molar-refractivity contribution in [2.24, 2.45) is 23.7 Å². The molecule has 0 N–H and O–H groups in total. The van der Waals surface area contributed by atoms with Crippen LogP contribution in [0, 0.1) is 23.7 Å². The van der Waals surface area contributed by atoms with E-state index in [-0.39, 0.29) is 0 Å². The van der Waals surface area contributed by atoms with E-state index in [2.05, 4.69) is 54.5 Å². The number of hydrogen-bond acceptors (Lipinski definition) is 0. The van der Waals surface area contributed by atoms with Crippen molar-refractivity contribution in [1.82, 2.24) is 0 Å². The Bertz CT molecular complexity index is 182. The predicted molar refractivity (Wildman–Crippen MR) is 71.0 cm³/mol. The molecule has 90 valence electrons. The first-order valence-corrected chi connectivity index (χ1v) is 6.63. The van der Waals surface area contributed by atoms with Gasteiger partial charge in [0, 0.05) is 0 Å². The van der Waals surface area contributed by atoms with Crippen molar-refractivity contribution in [3.63, 3.8) is 0 Å². The van der Waals surface area contributed by atoms with E-state index >= 15 is 0 Å². The summed E-state index contributed by atoms with van der Waals surface area (Å²) in [5.41, 5.74) is 1.62. The molecule has 0 saturated carbocycles. The van der Waals surface area contributed by atoms with Crippen LogP contribution in [0.5, 0.6) is 0 Å². The average Bonchev–Trinajstić information content (AvgIpc) is 2.23. The van der Waals surface area contributed by atoms with Crippen molar-refractivity contribution in [2.45, 2.75) is 61.3 Å². The highest BCUT2D eigenvalue weighted by Crippen LogP contribution is 2.28. The lowest BCUT2D eigenvalue weighted by Crippen LogP contribution is -2.20. The summed E-state index contributed by atoms with van der Waals surface area (Å²) in [7, 11) is 0. The third kappa shape index (κ3) is 4.86.